The molecule has 5 nitrogen and oxygen atoms in total. The minimum absolute atomic E-state index is 0.0998. The normalized spacial score (nSPS) is 19.4. The number of rotatable bonds is 7. The summed E-state index contributed by atoms with van der Waals surface area (Å²) in [4.78, 5) is 2.33. The minimum Gasteiger partial charge on any atom is -0.371 e. The fraction of sp³-hybridized carbons (Fsp3) is 0.412. The first kappa shape index (κ1) is 17.6. The molecule has 1 aliphatic rings. The van der Waals surface area contributed by atoms with Crippen molar-refractivity contribution in [2.75, 3.05) is 32.8 Å². The molecular weight excluding hydrogens is 344 g/mol. The standard InChI is InChI=1S/C17H22N2O3S2/c20-24(21,17-8-4-13-23-17)18-9-5-10-19-11-12-22-16(14-19)15-6-2-1-3-7-15/h1-4,6-8,13,16,18H,5,9-12,14H2. The molecule has 130 valence electrons. The maximum atomic E-state index is 12.0. The summed E-state index contributed by atoms with van der Waals surface area (Å²) in [6.07, 6.45) is 0.884. The molecule has 3 rings (SSSR count). The highest BCUT2D eigenvalue weighted by molar-refractivity contribution is 7.91. The first-order chi connectivity index (χ1) is 11.6. The van der Waals surface area contributed by atoms with Crippen LogP contribution in [-0.2, 0) is 14.8 Å². The third-order valence-corrected chi connectivity index (χ3v) is 6.88. The second-order valence-corrected chi connectivity index (χ2v) is 8.70. The molecule has 0 saturated carbocycles. The molecule has 1 N–H and O–H groups in total. The van der Waals surface area contributed by atoms with E-state index in [9.17, 15) is 8.42 Å². The molecule has 1 aromatic carbocycles. The Balaban J connectivity index is 1.44. The second-order valence-electron chi connectivity index (χ2n) is 5.75. The number of morpholine rings is 1. The predicted molar refractivity (Wildman–Crippen MR) is 95.7 cm³/mol. The molecule has 24 heavy (non-hydrogen) atoms. The molecular formula is C17H22N2O3S2. The topological polar surface area (TPSA) is 58.6 Å². The lowest BCUT2D eigenvalue weighted by Crippen LogP contribution is -2.39. The zero-order valence-corrected chi connectivity index (χ0v) is 15.1. The molecule has 1 unspecified atom stereocenters. The Labute approximate surface area is 147 Å². The van der Waals surface area contributed by atoms with Gasteiger partial charge in [0.2, 0.25) is 10.0 Å². The Bertz CT molecular complexity index is 718. The van der Waals surface area contributed by atoms with E-state index in [0.29, 0.717) is 17.4 Å². The molecule has 0 bridgehead atoms. The van der Waals surface area contributed by atoms with E-state index in [4.69, 9.17) is 4.74 Å². The van der Waals surface area contributed by atoms with E-state index in [0.717, 1.165) is 26.1 Å². The lowest BCUT2D eigenvalue weighted by atomic mass is 10.1. The number of nitrogens with zero attached hydrogens (tertiary/aromatic N) is 1. The summed E-state index contributed by atoms with van der Waals surface area (Å²) < 4.78 is 33.0. The van der Waals surface area contributed by atoms with E-state index in [2.05, 4.69) is 21.8 Å². The van der Waals surface area contributed by atoms with Gasteiger partial charge >= 0.3 is 0 Å². The summed E-state index contributed by atoms with van der Waals surface area (Å²) in [5.41, 5.74) is 1.19. The van der Waals surface area contributed by atoms with Crippen LogP contribution in [0.4, 0.5) is 0 Å². The van der Waals surface area contributed by atoms with Crippen LogP contribution in [0.2, 0.25) is 0 Å². The van der Waals surface area contributed by atoms with E-state index in [-0.39, 0.29) is 6.10 Å². The van der Waals surface area contributed by atoms with Crippen molar-refractivity contribution in [3.05, 3.63) is 53.4 Å². The van der Waals surface area contributed by atoms with Crippen molar-refractivity contribution < 1.29 is 13.2 Å². The summed E-state index contributed by atoms with van der Waals surface area (Å²) in [6.45, 7) is 3.76. The highest BCUT2D eigenvalue weighted by Crippen LogP contribution is 2.22. The van der Waals surface area contributed by atoms with Gasteiger partial charge in [-0.2, -0.15) is 0 Å². The van der Waals surface area contributed by atoms with Crippen LogP contribution in [0.5, 0.6) is 0 Å². The summed E-state index contributed by atoms with van der Waals surface area (Å²) in [7, 11) is -3.35. The zero-order valence-electron chi connectivity index (χ0n) is 13.4. The highest BCUT2D eigenvalue weighted by Gasteiger charge is 2.21. The van der Waals surface area contributed by atoms with Gasteiger partial charge in [-0.05, 0) is 30.0 Å². The molecule has 2 heterocycles. The van der Waals surface area contributed by atoms with Crippen molar-refractivity contribution in [1.29, 1.82) is 0 Å². The maximum absolute atomic E-state index is 12.0. The lowest BCUT2D eigenvalue weighted by Gasteiger charge is -2.33. The lowest BCUT2D eigenvalue weighted by molar-refractivity contribution is -0.0300. The predicted octanol–water partition coefficient (Wildman–Crippen LogP) is 2.49. The number of benzene rings is 1. The van der Waals surface area contributed by atoms with Crippen LogP contribution in [-0.4, -0.2) is 46.1 Å². The van der Waals surface area contributed by atoms with Crippen molar-refractivity contribution in [2.45, 2.75) is 16.7 Å². The zero-order chi connectivity index (χ0) is 16.8. The monoisotopic (exact) mass is 366 g/mol. The largest absolute Gasteiger partial charge is 0.371 e. The smallest absolute Gasteiger partial charge is 0.250 e. The van der Waals surface area contributed by atoms with Crippen LogP contribution in [0.25, 0.3) is 0 Å². The fourth-order valence-corrected chi connectivity index (χ4v) is 4.88. The molecule has 2 aromatic rings. The number of thiophene rings is 1. The first-order valence-electron chi connectivity index (χ1n) is 8.07. The van der Waals surface area contributed by atoms with Gasteiger partial charge in [0.1, 0.15) is 4.21 Å². The van der Waals surface area contributed by atoms with Gasteiger partial charge in [0, 0.05) is 19.6 Å². The summed E-state index contributed by atoms with van der Waals surface area (Å²) in [6, 6.07) is 13.6. The van der Waals surface area contributed by atoms with E-state index < -0.39 is 10.0 Å². The van der Waals surface area contributed by atoms with Gasteiger partial charge < -0.3 is 4.74 Å². The van der Waals surface area contributed by atoms with Crippen molar-refractivity contribution in [3.8, 4) is 0 Å². The van der Waals surface area contributed by atoms with E-state index in [1.165, 1.54) is 16.9 Å². The first-order valence-corrected chi connectivity index (χ1v) is 10.4. The van der Waals surface area contributed by atoms with Crippen LogP contribution < -0.4 is 4.72 Å². The molecule has 0 aliphatic carbocycles. The molecule has 1 saturated heterocycles. The van der Waals surface area contributed by atoms with Gasteiger partial charge in [-0.3, -0.25) is 4.90 Å². The van der Waals surface area contributed by atoms with E-state index in [1.54, 1.807) is 17.5 Å². The Hall–Kier alpha value is -1.25. The molecule has 1 aromatic heterocycles. The summed E-state index contributed by atoms with van der Waals surface area (Å²) in [5.74, 6) is 0. The van der Waals surface area contributed by atoms with Crippen LogP contribution >= 0.6 is 11.3 Å². The average molecular weight is 367 g/mol. The van der Waals surface area contributed by atoms with Gasteiger partial charge in [-0.25, -0.2) is 13.1 Å². The van der Waals surface area contributed by atoms with Crippen LogP contribution in [0.3, 0.4) is 0 Å². The Morgan fingerprint density at radius 3 is 2.79 bits per heavy atom. The van der Waals surface area contributed by atoms with Crippen LogP contribution in [0.15, 0.2) is 52.1 Å². The van der Waals surface area contributed by atoms with Gasteiger partial charge in [0.15, 0.2) is 0 Å². The number of hydrogen-bond acceptors (Lipinski definition) is 5. The second kappa shape index (κ2) is 8.22. The number of nitrogens with one attached hydrogen (secondary N) is 1. The van der Waals surface area contributed by atoms with E-state index >= 15 is 0 Å². The van der Waals surface area contributed by atoms with Crippen LogP contribution in [0.1, 0.15) is 18.1 Å². The van der Waals surface area contributed by atoms with Crippen molar-refractivity contribution >= 4 is 21.4 Å². The molecule has 1 fully saturated rings. The maximum Gasteiger partial charge on any atom is 0.250 e. The van der Waals surface area contributed by atoms with Gasteiger partial charge in [0.25, 0.3) is 0 Å². The molecule has 0 spiro atoms. The molecule has 0 radical (unpaired) electrons. The van der Waals surface area contributed by atoms with Crippen molar-refractivity contribution in [1.82, 2.24) is 9.62 Å². The summed E-state index contributed by atoms with van der Waals surface area (Å²) >= 11 is 1.24. The Morgan fingerprint density at radius 1 is 1.21 bits per heavy atom. The van der Waals surface area contributed by atoms with E-state index in [1.807, 2.05) is 18.2 Å². The minimum atomic E-state index is -3.35. The van der Waals surface area contributed by atoms with Gasteiger partial charge in [-0.15, -0.1) is 11.3 Å². The number of ether oxygens (including phenoxy) is 1. The Kier molecular flexibility index (Phi) is 6.02. The third kappa shape index (κ3) is 4.64. The quantitative estimate of drug-likeness (QED) is 0.765. The molecule has 1 atom stereocenters. The van der Waals surface area contributed by atoms with Crippen LogP contribution in [0, 0.1) is 0 Å². The SMILES string of the molecule is O=S(=O)(NCCCN1CCOC(c2ccccc2)C1)c1cccs1. The summed E-state index contributed by atoms with van der Waals surface area (Å²) in [5, 5.41) is 1.77. The van der Waals surface area contributed by atoms with Gasteiger partial charge in [-0.1, -0.05) is 36.4 Å². The third-order valence-electron chi connectivity index (χ3n) is 4.03. The molecule has 0 amide bonds. The fourth-order valence-electron chi connectivity index (χ4n) is 2.77. The number of hydrogen-bond donors (Lipinski definition) is 1. The molecule has 1 aliphatic heterocycles. The average Bonchev–Trinajstić information content (AvgIpc) is 3.16. The Morgan fingerprint density at radius 2 is 2.04 bits per heavy atom. The van der Waals surface area contributed by atoms with Crippen molar-refractivity contribution in [3.63, 3.8) is 0 Å². The molecule has 7 heteroatoms. The highest BCUT2D eigenvalue weighted by atomic mass is 32.2. The van der Waals surface area contributed by atoms with Gasteiger partial charge in [0.05, 0.1) is 12.7 Å². The number of sulfonamides is 1. The van der Waals surface area contributed by atoms with Crippen molar-refractivity contribution in [2.24, 2.45) is 0 Å².